The van der Waals surface area contributed by atoms with Crippen LogP contribution >= 0.6 is 15.9 Å². The van der Waals surface area contributed by atoms with Crippen molar-refractivity contribution in [2.75, 3.05) is 0 Å². The van der Waals surface area contributed by atoms with Crippen molar-refractivity contribution in [3.05, 3.63) is 16.5 Å². The first-order chi connectivity index (χ1) is 7.94. The minimum atomic E-state index is -3.55. The lowest BCUT2D eigenvalue weighted by Crippen LogP contribution is -2.33. The van der Waals surface area contributed by atoms with Gasteiger partial charge in [0.15, 0.2) is 4.67 Å². The zero-order valence-electron chi connectivity index (χ0n) is 9.86. The third-order valence-corrected chi connectivity index (χ3v) is 4.88. The van der Waals surface area contributed by atoms with Crippen molar-refractivity contribution in [2.24, 2.45) is 5.73 Å². The first-order valence-electron chi connectivity index (χ1n) is 5.45. The molecule has 98 valence electrons. The molecule has 0 saturated carbocycles. The molecule has 0 unspecified atom stereocenters. The Morgan fingerprint density at radius 1 is 1.47 bits per heavy atom. The van der Waals surface area contributed by atoms with E-state index in [-0.39, 0.29) is 22.2 Å². The van der Waals surface area contributed by atoms with Gasteiger partial charge in [0.1, 0.15) is 10.7 Å². The third kappa shape index (κ3) is 3.54. The summed E-state index contributed by atoms with van der Waals surface area (Å²) in [6.07, 6.45) is 1.49. The van der Waals surface area contributed by atoms with Gasteiger partial charge in [-0.05, 0) is 28.8 Å². The number of halogens is 1. The van der Waals surface area contributed by atoms with Gasteiger partial charge in [-0.15, -0.1) is 0 Å². The predicted molar refractivity (Wildman–Crippen MR) is 69.0 cm³/mol. The number of hydrogen-bond donors (Lipinski definition) is 2. The SMILES string of the molecule is CCC(CC)NS(=O)(=O)c1cc(CN)oc1Br. The third-order valence-electron chi connectivity index (χ3n) is 2.50. The smallest absolute Gasteiger partial charge is 0.245 e. The number of hydrogen-bond acceptors (Lipinski definition) is 4. The fourth-order valence-corrected chi connectivity index (χ4v) is 3.82. The Morgan fingerprint density at radius 3 is 2.47 bits per heavy atom. The van der Waals surface area contributed by atoms with E-state index in [4.69, 9.17) is 10.2 Å². The Labute approximate surface area is 110 Å². The van der Waals surface area contributed by atoms with Crippen LogP contribution in [0, 0.1) is 0 Å². The Morgan fingerprint density at radius 2 is 2.06 bits per heavy atom. The average molecular weight is 325 g/mol. The number of nitrogens with two attached hydrogens (primary N) is 1. The maximum absolute atomic E-state index is 12.1. The van der Waals surface area contributed by atoms with Crippen LogP contribution in [0.25, 0.3) is 0 Å². The van der Waals surface area contributed by atoms with E-state index in [1.165, 1.54) is 6.07 Å². The molecule has 1 rings (SSSR count). The summed E-state index contributed by atoms with van der Waals surface area (Å²) in [5.41, 5.74) is 5.40. The molecule has 0 amide bonds. The van der Waals surface area contributed by atoms with Gasteiger partial charge in [0.25, 0.3) is 0 Å². The molecule has 17 heavy (non-hydrogen) atoms. The van der Waals surface area contributed by atoms with Gasteiger partial charge in [-0.2, -0.15) is 0 Å². The Hall–Kier alpha value is -0.370. The van der Waals surface area contributed by atoms with Gasteiger partial charge in [0.2, 0.25) is 10.0 Å². The second kappa shape index (κ2) is 5.99. The van der Waals surface area contributed by atoms with Crippen LogP contribution in [-0.4, -0.2) is 14.5 Å². The molecule has 1 heterocycles. The largest absolute Gasteiger partial charge is 0.452 e. The van der Waals surface area contributed by atoms with Crippen LogP contribution in [0.1, 0.15) is 32.4 Å². The number of furan rings is 1. The van der Waals surface area contributed by atoms with Crippen molar-refractivity contribution in [1.29, 1.82) is 0 Å². The lowest BCUT2D eigenvalue weighted by atomic mass is 10.2. The van der Waals surface area contributed by atoms with Gasteiger partial charge >= 0.3 is 0 Å². The highest BCUT2D eigenvalue weighted by atomic mass is 79.9. The minimum absolute atomic E-state index is 0.0665. The maximum atomic E-state index is 12.1. The van der Waals surface area contributed by atoms with Crippen LogP contribution in [0.15, 0.2) is 20.0 Å². The summed E-state index contributed by atoms with van der Waals surface area (Å²) in [7, 11) is -3.55. The van der Waals surface area contributed by atoms with Crippen LogP contribution in [0.5, 0.6) is 0 Å². The summed E-state index contributed by atoms with van der Waals surface area (Å²) in [6, 6.07) is 1.37. The highest BCUT2D eigenvalue weighted by Gasteiger charge is 2.24. The van der Waals surface area contributed by atoms with Crippen molar-refractivity contribution in [3.63, 3.8) is 0 Å². The standard InChI is InChI=1S/C10H17BrN2O3S/c1-3-7(4-2)13-17(14,15)9-5-8(6-12)16-10(9)11/h5,7,13H,3-4,6,12H2,1-2H3. The summed E-state index contributed by atoms with van der Waals surface area (Å²) < 4.78 is 32.1. The molecule has 5 nitrogen and oxygen atoms in total. The lowest BCUT2D eigenvalue weighted by Gasteiger charge is -2.13. The van der Waals surface area contributed by atoms with Crippen molar-refractivity contribution in [1.82, 2.24) is 4.72 Å². The summed E-state index contributed by atoms with van der Waals surface area (Å²) in [5.74, 6) is 0.432. The molecule has 0 atom stereocenters. The van der Waals surface area contributed by atoms with Crippen molar-refractivity contribution < 1.29 is 12.8 Å². The molecule has 1 aromatic rings. The fourth-order valence-electron chi connectivity index (χ4n) is 1.42. The van der Waals surface area contributed by atoms with E-state index in [1.807, 2.05) is 13.8 Å². The molecule has 0 aliphatic carbocycles. The highest BCUT2D eigenvalue weighted by Crippen LogP contribution is 2.26. The minimum Gasteiger partial charge on any atom is -0.452 e. The van der Waals surface area contributed by atoms with Gasteiger partial charge < -0.3 is 10.2 Å². The van der Waals surface area contributed by atoms with Crippen molar-refractivity contribution in [2.45, 2.75) is 44.2 Å². The summed E-state index contributed by atoms with van der Waals surface area (Å²) in [6.45, 7) is 4.04. The van der Waals surface area contributed by atoms with E-state index in [2.05, 4.69) is 20.7 Å². The molecule has 0 bridgehead atoms. The van der Waals surface area contributed by atoms with Crippen LogP contribution < -0.4 is 10.5 Å². The molecule has 7 heteroatoms. The van der Waals surface area contributed by atoms with Crippen LogP contribution in [0.2, 0.25) is 0 Å². The lowest BCUT2D eigenvalue weighted by molar-refractivity contribution is 0.482. The van der Waals surface area contributed by atoms with E-state index in [9.17, 15) is 8.42 Å². The summed E-state index contributed by atoms with van der Waals surface area (Å²) in [4.78, 5) is 0.102. The Kier molecular flexibility index (Phi) is 5.18. The van der Waals surface area contributed by atoms with Gasteiger partial charge in [-0.1, -0.05) is 13.8 Å². The Bertz CT molecular complexity index is 466. The molecule has 0 radical (unpaired) electrons. The first kappa shape index (κ1) is 14.7. The molecule has 0 fully saturated rings. The number of nitrogens with one attached hydrogen (secondary N) is 1. The van der Waals surface area contributed by atoms with Gasteiger partial charge in [-0.3, -0.25) is 0 Å². The van der Waals surface area contributed by atoms with E-state index in [0.29, 0.717) is 5.76 Å². The Balaban J connectivity index is 3.00. The molecule has 0 aliphatic heterocycles. The first-order valence-corrected chi connectivity index (χ1v) is 7.72. The van der Waals surface area contributed by atoms with Crippen LogP contribution in [-0.2, 0) is 16.6 Å². The molecule has 0 aliphatic rings. The van der Waals surface area contributed by atoms with E-state index in [1.54, 1.807) is 0 Å². The van der Waals surface area contributed by atoms with Crippen molar-refractivity contribution in [3.8, 4) is 0 Å². The molecule has 0 aromatic carbocycles. The average Bonchev–Trinajstić information content (AvgIpc) is 2.68. The van der Waals surface area contributed by atoms with E-state index in [0.717, 1.165) is 12.8 Å². The molecule has 0 saturated heterocycles. The van der Waals surface area contributed by atoms with Gasteiger partial charge in [0.05, 0.1) is 6.54 Å². The topological polar surface area (TPSA) is 85.3 Å². The summed E-state index contributed by atoms with van der Waals surface area (Å²) in [5, 5.41) is 0. The zero-order valence-corrected chi connectivity index (χ0v) is 12.3. The zero-order chi connectivity index (χ0) is 13.1. The second-order valence-corrected chi connectivity index (χ2v) is 6.09. The molecular weight excluding hydrogens is 308 g/mol. The summed E-state index contributed by atoms with van der Waals surface area (Å²) >= 11 is 3.09. The normalized spacial score (nSPS) is 12.3. The van der Waals surface area contributed by atoms with E-state index >= 15 is 0 Å². The predicted octanol–water partition coefficient (Wildman–Crippen LogP) is 1.97. The molecular formula is C10H17BrN2O3S. The molecule has 0 spiro atoms. The fraction of sp³-hybridized carbons (Fsp3) is 0.600. The number of sulfonamides is 1. The van der Waals surface area contributed by atoms with Crippen molar-refractivity contribution >= 4 is 26.0 Å². The molecule has 3 N–H and O–H groups in total. The maximum Gasteiger partial charge on any atom is 0.245 e. The van der Waals surface area contributed by atoms with Crippen LogP contribution in [0.3, 0.4) is 0 Å². The van der Waals surface area contributed by atoms with Gasteiger partial charge in [-0.25, -0.2) is 13.1 Å². The second-order valence-electron chi connectivity index (χ2n) is 3.69. The highest BCUT2D eigenvalue weighted by molar-refractivity contribution is 9.10. The molecule has 1 aromatic heterocycles. The quantitative estimate of drug-likeness (QED) is 0.837. The van der Waals surface area contributed by atoms with Gasteiger partial charge in [0, 0.05) is 12.1 Å². The monoisotopic (exact) mass is 324 g/mol. The van der Waals surface area contributed by atoms with E-state index < -0.39 is 10.0 Å². The number of rotatable bonds is 6. The van der Waals surface area contributed by atoms with Crippen LogP contribution in [0.4, 0.5) is 0 Å².